The van der Waals surface area contributed by atoms with Crippen molar-refractivity contribution in [3.8, 4) is 0 Å². The lowest BCUT2D eigenvalue weighted by atomic mass is 10.2. The maximum Gasteiger partial charge on any atom is 0.0465 e. The maximum atomic E-state index is 6.10. The Balaban J connectivity index is 0.00000128. The van der Waals surface area contributed by atoms with Gasteiger partial charge in [0.25, 0.3) is 0 Å². The van der Waals surface area contributed by atoms with Crippen LogP contribution in [0.4, 0.5) is 0 Å². The van der Waals surface area contributed by atoms with Gasteiger partial charge in [-0.3, -0.25) is 4.90 Å². The lowest BCUT2D eigenvalue weighted by Crippen LogP contribution is -2.26. The van der Waals surface area contributed by atoms with Crippen LogP contribution in [0.5, 0.6) is 0 Å². The van der Waals surface area contributed by atoms with Crippen molar-refractivity contribution in [2.45, 2.75) is 19.0 Å². The van der Waals surface area contributed by atoms with Crippen LogP contribution in [-0.4, -0.2) is 24.0 Å². The van der Waals surface area contributed by atoms with Crippen LogP contribution >= 0.6 is 35.6 Å². The second kappa shape index (κ2) is 6.08. The minimum absolute atomic E-state index is 0. The Bertz CT molecular complexity index is 357. The van der Waals surface area contributed by atoms with E-state index in [2.05, 4.69) is 4.90 Å². The van der Waals surface area contributed by atoms with Gasteiger partial charge in [0.15, 0.2) is 0 Å². The molecule has 1 heterocycles. The monoisotopic (exact) mass is 280 g/mol. The molecule has 2 rings (SSSR count). The molecule has 1 unspecified atom stereocenters. The zero-order valence-corrected chi connectivity index (χ0v) is 11.2. The second-order valence-electron chi connectivity index (χ2n) is 4.02. The molecule has 2 N–H and O–H groups in total. The zero-order chi connectivity index (χ0) is 10.8. The molecule has 1 atom stereocenters. The van der Waals surface area contributed by atoms with E-state index in [4.69, 9.17) is 28.9 Å². The van der Waals surface area contributed by atoms with Crippen LogP contribution in [0.25, 0.3) is 0 Å². The largest absolute Gasteiger partial charge is 0.326 e. The van der Waals surface area contributed by atoms with E-state index in [0.29, 0.717) is 11.1 Å². The molecular weight excluding hydrogens is 266 g/mol. The highest BCUT2D eigenvalue weighted by molar-refractivity contribution is 6.35. The lowest BCUT2D eigenvalue weighted by Gasteiger charge is -2.16. The van der Waals surface area contributed by atoms with Crippen molar-refractivity contribution >= 4 is 35.6 Å². The highest BCUT2D eigenvalue weighted by Crippen LogP contribution is 2.23. The van der Waals surface area contributed by atoms with Gasteiger partial charge in [-0.25, -0.2) is 0 Å². The number of likely N-dealkylation sites (tertiary alicyclic amines) is 1. The van der Waals surface area contributed by atoms with E-state index in [1.807, 2.05) is 12.1 Å². The third-order valence-corrected chi connectivity index (χ3v) is 3.30. The Morgan fingerprint density at radius 3 is 2.69 bits per heavy atom. The average Bonchev–Trinajstić information content (AvgIpc) is 2.56. The first kappa shape index (κ1) is 14.1. The summed E-state index contributed by atoms with van der Waals surface area (Å²) in [5.41, 5.74) is 6.97. The molecule has 1 aromatic rings. The number of nitrogens with two attached hydrogens (primary N) is 1. The minimum atomic E-state index is 0. The van der Waals surface area contributed by atoms with Crippen LogP contribution < -0.4 is 5.73 Å². The molecule has 1 aliphatic rings. The number of nitrogens with zero attached hydrogens (tertiary/aromatic N) is 1. The summed E-state index contributed by atoms with van der Waals surface area (Å²) in [6.45, 7) is 2.88. The van der Waals surface area contributed by atoms with Gasteiger partial charge < -0.3 is 5.73 Å². The molecule has 0 amide bonds. The number of halogens is 3. The van der Waals surface area contributed by atoms with Crippen LogP contribution in [-0.2, 0) is 6.54 Å². The van der Waals surface area contributed by atoms with Gasteiger partial charge in [0.1, 0.15) is 0 Å². The molecule has 5 heteroatoms. The van der Waals surface area contributed by atoms with E-state index in [-0.39, 0.29) is 12.4 Å². The number of hydrogen-bond acceptors (Lipinski definition) is 2. The van der Waals surface area contributed by atoms with Crippen molar-refractivity contribution in [3.05, 3.63) is 33.8 Å². The standard InChI is InChI=1S/C11H14Cl2N2.ClH/c12-9-2-1-8(11(13)5-9)6-15-4-3-10(14)7-15;/h1-2,5,10H,3-4,6-7,14H2;1H. The number of benzene rings is 1. The predicted molar refractivity (Wildman–Crippen MR) is 71.6 cm³/mol. The Morgan fingerprint density at radius 1 is 1.38 bits per heavy atom. The molecule has 1 aliphatic heterocycles. The Morgan fingerprint density at radius 2 is 2.12 bits per heavy atom. The van der Waals surface area contributed by atoms with Gasteiger partial charge >= 0.3 is 0 Å². The molecule has 0 radical (unpaired) electrons. The molecule has 0 saturated carbocycles. The molecule has 2 nitrogen and oxygen atoms in total. The molecule has 16 heavy (non-hydrogen) atoms. The van der Waals surface area contributed by atoms with Gasteiger partial charge in [-0.2, -0.15) is 0 Å². The Hall–Kier alpha value is 0.01000. The summed E-state index contributed by atoms with van der Waals surface area (Å²) >= 11 is 11.9. The summed E-state index contributed by atoms with van der Waals surface area (Å²) in [7, 11) is 0. The fraction of sp³-hybridized carbons (Fsp3) is 0.455. The van der Waals surface area contributed by atoms with Crippen molar-refractivity contribution in [2.75, 3.05) is 13.1 Å². The van der Waals surface area contributed by atoms with E-state index in [9.17, 15) is 0 Å². The van der Waals surface area contributed by atoms with Gasteiger partial charge in [0.05, 0.1) is 0 Å². The first-order valence-electron chi connectivity index (χ1n) is 5.07. The summed E-state index contributed by atoms with van der Waals surface area (Å²) in [6.07, 6.45) is 1.07. The summed E-state index contributed by atoms with van der Waals surface area (Å²) in [6, 6.07) is 5.96. The van der Waals surface area contributed by atoms with Crippen LogP contribution in [0, 0.1) is 0 Å². The molecule has 0 aliphatic carbocycles. The van der Waals surface area contributed by atoms with E-state index in [0.717, 1.165) is 36.6 Å². The Kier molecular flexibility index (Phi) is 5.35. The number of rotatable bonds is 2. The van der Waals surface area contributed by atoms with Gasteiger partial charge in [0, 0.05) is 35.7 Å². The topological polar surface area (TPSA) is 29.3 Å². The third kappa shape index (κ3) is 3.51. The van der Waals surface area contributed by atoms with Crippen molar-refractivity contribution in [1.82, 2.24) is 4.90 Å². The first-order chi connectivity index (χ1) is 7.15. The lowest BCUT2D eigenvalue weighted by molar-refractivity contribution is 0.327. The summed E-state index contributed by atoms with van der Waals surface area (Å²) < 4.78 is 0. The molecule has 1 fully saturated rings. The normalized spacial score (nSPS) is 20.8. The minimum Gasteiger partial charge on any atom is -0.326 e. The quantitative estimate of drug-likeness (QED) is 0.903. The summed E-state index contributed by atoms with van der Waals surface area (Å²) in [4.78, 5) is 2.32. The van der Waals surface area contributed by atoms with Crippen molar-refractivity contribution in [2.24, 2.45) is 5.73 Å². The van der Waals surface area contributed by atoms with Crippen LogP contribution in [0.1, 0.15) is 12.0 Å². The molecular formula is C11H15Cl3N2. The predicted octanol–water partition coefficient (Wildman–Crippen LogP) is 2.95. The van der Waals surface area contributed by atoms with Gasteiger partial charge in [-0.1, -0.05) is 29.3 Å². The van der Waals surface area contributed by atoms with Crippen molar-refractivity contribution < 1.29 is 0 Å². The van der Waals surface area contributed by atoms with Crippen molar-refractivity contribution in [3.63, 3.8) is 0 Å². The van der Waals surface area contributed by atoms with Crippen molar-refractivity contribution in [1.29, 1.82) is 0 Å². The SMILES string of the molecule is Cl.NC1CCN(Cc2ccc(Cl)cc2Cl)C1. The highest BCUT2D eigenvalue weighted by Gasteiger charge is 2.19. The summed E-state index contributed by atoms with van der Waals surface area (Å²) in [5.74, 6) is 0. The fourth-order valence-electron chi connectivity index (χ4n) is 1.90. The molecule has 0 spiro atoms. The Labute approximate surface area is 112 Å². The molecule has 90 valence electrons. The zero-order valence-electron chi connectivity index (χ0n) is 8.83. The molecule has 0 aromatic heterocycles. The van der Waals surface area contributed by atoms with Crippen LogP contribution in [0.2, 0.25) is 10.0 Å². The van der Waals surface area contributed by atoms with E-state index in [1.54, 1.807) is 6.07 Å². The van der Waals surface area contributed by atoms with Gasteiger partial charge in [-0.15, -0.1) is 12.4 Å². The average molecular weight is 282 g/mol. The summed E-state index contributed by atoms with van der Waals surface area (Å²) in [5, 5.41) is 1.42. The van der Waals surface area contributed by atoms with E-state index < -0.39 is 0 Å². The smallest absolute Gasteiger partial charge is 0.0465 e. The fourth-order valence-corrected chi connectivity index (χ4v) is 2.37. The molecule has 0 bridgehead atoms. The first-order valence-corrected chi connectivity index (χ1v) is 5.82. The second-order valence-corrected chi connectivity index (χ2v) is 4.86. The van der Waals surface area contributed by atoms with Gasteiger partial charge in [0.2, 0.25) is 0 Å². The van der Waals surface area contributed by atoms with E-state index in [1.165, 1.54) is 0 Å². The molecule has 1 aromatic carbocycles. The molecule has 1 saturated heterocycles. The van der Waals surface area contributed by atoms with Gasteiger partial charge in [-0.05, 0) is 24.1 Å². The number of hydrogen-bond donors (Lipinski definition) is 1. The van der Waals surface area contributed by atoms with Crippen LogP contribution in [0.15, 0.2) is 18.2 Å². The highest BCUT2D eigenvalue weighted by atomic mass is 35.5. The van der Waals surface area contributed by atoms with Crippen LogP contribution in [0.3, 0.4) is 0 Å². The third-order valence-electron chi connectivity index (χ3n) is 2.72. The van der Waals surface area contributed by atoms with E-state index >= 15 is 0 Å². The maximum absolute atomic E-state index is 6.10.